The molecule has 0 radical (unpaired) electrons. The highest BCUT2D eigenvalue weighted by Gasteiger charge is 2.31. The van der Waals surface area contributed by atoms with Crippen LogP contribution in [0.15, 0.2) is 12.2 Å². The minimum absolute atomic E-state index is 0.761. The van der Waals surface area contributed by atoms with E-state index in [1.165, 1.54) is 57.8 Å². The summed E-state index contributed by atoms with van der Waals surface area (Å²) in [5.41, 5.74) is 0.761. The molecular weight excluding hydrogens is 144 g/mol. The Morgan fingerprint density at radius 2 is 1.42 bits per heavy atom. The van der Waals surface area contributed by atoms with E-state index in [2.05, 4.69) is 12.2 Å². The number of hydrogen-bond acceptors (Lipinski definition) is 0. The molecule has 12 heavy (non-hydrogen) atoms. The van der Waals surface area contributed by atoms with Crippen LogP contribution in [0.4, 0.5) is 0 Å². The Morgan fingerprint density at radius 1 is 0.750 bits per heavy atom. The van der Waals surface area contributed by atoms with Crippen LogP contribution in [0.3, 0.4) is 0 Å². The molecule has 0 nitrogen and oxygen atoms in total. The van der Waals surface area contributed by atoms with Crippen molar-refractivity contribution in [2.24, 2.45) is 5.41 Å². The van der Waals surface area contributed by atoms with Crippen molar-refractivity contribution in [3.8, 4) is 0 Å². The summed E-state index contributed by atoms with van der Waals surface area (Å²) in [5.74, 6) is 0. The van der Waals surface area contributed by atoms with Crippen LogP contribution in [0.5, 0.6) is 0 Å². The first-order valence-corrected chi connectivity index (χ1v) is 5.56. The van der Waals surface area contributed by atoms with Gasteiger partial charge in [-0.2, -0.15) is 0 Å². The van der Waals surface area contributed by atoms with Gasteiger partial charge in [-0.15, -0.1) is 0 Å². The van der Waals surface area contributed by atoms with E-state index in [4.69, 9.17) is 0 Å². The maximum absolute atomic E-state index is 2.45. The lowest BCUT2D eigenvalue weighted by atomic mass is 9.77. The average Bonchev–Trinajstić information content (AvgIpc) is 2.47. The van der Waals surface area contributed by atoms with Gasteiger partial charge in [-0.3, -0.25) is 0 Å². The highest BCUT2D eigenvalue weighted by atomic mass is 14.4. The fraction of sp³-hybridized carbons (Fsp3) is 0.833. The Bertz CT molecular complexity index is 161. The monoisotopic (exact) mass is 164 g/mol. The largest absolute Gasteiger partial charge is 0.0885 e. The first kappa shape index (κ1) is 8.34. The van der Waals surface area contributed by atoms with E-state index in [0.29, 0.717) is 0 Å². The molecule has 0 aliphatic heterocycles. The van der Waals surface area contributed by atoms with Gasteiger partial charge in [0.2, 0.25) is 0 Å². The van der Waals surface area contributed by atoms with E-state index >= 15 is 0 Å². The molecule has 0 saturated heterocycles. The highest BCUT2D eigenvalue weighted by Crippen LogP contribution is 2.46. The quantitative estimate of drug-likeness (QED) is 0.473. The topological polar surface area (TPSA) is 0 Å². The van der Waals surface area contributed by atoms with Crippen molar-refractivity contribution in [3.05, 3.63) is 12.2 Å². The molecule has 0 atom stereocenters. The lowest BCUT2D eigenvalue weighted by molar-refractivity contribution is 0.261. The van der Waals surface area contributed by atoms with E-state index in [-0.39, 0.29) is 0 Å². The molecule has 0 heterocycles. The van der Waals surface area contributed by atoms with Crippen LogP contribution >= 0.6 is 0 Å². The number of rotatable bonds is 0. The van der Waals surface area contributed by atoms with Gasteiger partial charge in [-0.05, 0) is 43.9 Å². The van der Waals surface area contributed by atoms with Gasteiger partial charge < -0.3 is 0 Å². The predicted octanol–water partition coefficient (Wildman–Crippen LogP) is 4.07. The molecule has 2 aliphatic rings. The van der Waals surface area contributed by atoms with Crippen molar-refractivity contribution < 1.29 is 0 Å². The van der Waals surface area contributed by atoms with Crippen LogP contribution in [-0.4, -0.2) is 0 Å². The highest BCUT2D eigenvalue weighted by molar-refractivity contribution is 4.95. The van der Waals surface area contributed by atoms with Crippen molar-refractivity contribution in [2.75, 3.05) is 0 Å². The third-order valence-corrected chi connectivity index (χ3v) is 3.71. The Labute approximate surface area is 76.1 Å². The summed E-state index contributed by atoms with van der Waals surface area (Å²) in [6.45, 7) is 0. The Kier molecular flexibility index (Phi) is 2.53. The van der Waals surface area contributed by atoms with Crippen molar-refractivity contribution in [2.45, 2.75) is 57.8 Å². The molecular formula is C12H20. The summed E-state index contributed by atoms with van der Waals surface area (Å²) >= 11 is 0. The predicted molar refractivity (Wildman–Crippen MR) is 53.1 cm³/mol. The zero-order valence-electron chi connectivity index (χ0n) is 8.02. The van der Waals surface area contributed by atoms with Gasteiger partial charge in [0, 0.05) is 0 Å². The molecule has 0 unspecified atom stereocenters. The second-order valence-electron chi connectivity index (χ2n) is 4.63. The van der Waals surface area contributed by atoms with Crippen molar-refractivity contribution in [3.63, 3.8) is 0 Å². The fourth-order valence-corrected chi connectivity index (χ4v) is 2.89. The van der Waals surface area contributed by atoms with Gasteiger partial charge in [0.25, 0.3) is 0 Å². The Hall–Kier alpha value is -0.260. The Balaban J connectivity index is 2.01. The van der Waals surface area contributed by atoms with Crippen LogP contribution in [0.2, 0.25) is 0 Å². The van der Waals surface area contributed by atoms with Gasteiger partial charge >= 0.3 is 0 Å². The number of hydrogen-bond donors (Lipinski definition) is 0. The molecule has 68 valence electrons. The van der Waals surface area contributed by atoms with E-state index < -0.39 is 0 Å². The second-order valence-corrected chi connectivity index (χ2v) is 4.63. The van der Waals surface area contributed by atoms with Gasteiger partial charge in [0.15, 0.2) is 0 Å². The van der Waals surface area contributed by atoms with E-state index in [0.717, 1.165) is 5.41 Å². The van der Waals surface area contributed by atoms with Gasteiger partial charge in [-0.1, -0.05) is 31.4 Å². The molecule has 0 aromatic carbocycles. The smallest absolute Gasteiger partial charge is 0.0263 e. The third kappa shape index (κ3) is 1.73. The van der Waals surface area contributed by atoms with Gasteiger partial charge in [0.05, 0.1) is 0 Å². The average molecular weight is 164 g/mol. The summed E-state index contributed by atoms with van der Waals surface area (Å²) in [5, 5.41) is 0. The van der Waals surface area contributed by atoms with Crippen LogP contribution in [0.1, 0.15) is 57.8 Å². The lowest BCUT2D eigenvalue weighted by Crippen LogP contribution is -2.15. The molecule has 2 aliphatic carbocycles. The second kappa shape index (κ2) is 3.64. The molecule has 0 N–H and O–H groups in total. The van der Waals surface area contributed by atoms with Crippen LogP contribution in [0.25, 0.3) is 0 Å². The molecule has 0 heteroatoms. The molecule has 0 aromatic heterocycles. The zero-order valence-corrected chi connectivity index (χ0v) is 8.02. The molecule has 1 saturated carbocycles. The maximum Gasteiger partial charge on any atom is -0.0263 e. The molecule has 1 fully saturated rings. The molecule has 1 spiro atoms. The van der Waals surface area contributed by atoms with Crippen LogP contribution in [-0.2, 0) is 0 Å². The summed E-state index contributed by atoms with van der Waals surface area (Å²) in [7, 11) is 0. The summed E-state index contributed by atoms with van der Waals surface area (Å²) in [6.07, 6.45) is 18.0. The number of allylic oxidation sites excluding steroid dienone is 2. The van der Waals surface area contributed by atoms with E-state index in [1.807, 2.05) is 0 Å². The summed E-state index contributed by atoms with van der Waals surface area (Å²) < 4.78 is 0. The van der Waals surface area contributed by atoms with Gasteiger partial charge in [0.1, 0.15) is 0 Å². The standard InChI is InChI=1S/C12H20/c1-2-4-8-12(9-5-3-1)10-6-7-11-12/h2,4H,1,3,5-11H2/b4-2-. The third-order valence-electron chi connectivity index (χ3n) is 3.71. The van der Waals surface area contributed by atoms with Crippen molar-refractivity contribution in [1.82, 2.24) is 0 Å². The van der Waals surface area contributed by atoms with Crippen LogP contribution in [0, 0.1) is 5.41 Å². The van der Waals surface area contributed by atoms with Crippen molar-refractivity contribution >= 4 is 0 Å². The van der Waals surface area contributed by atoms with Crippen molar-refractivity contribution in [1.29, 1.82) is 0 Å². The fourth-order valence-electron chi connectivity index (χ4n) is 2.89. The molecule has 2 rings (SSSR count). The SMILES string of the molecule is C1=C\CC2(CCCC/1)CCCC2. The Morgan fingerprint density at radius 3 is 2.17 bits per heavy atom. The first-order chi connectivity index (χ1) is 5.91. The molecule has 0 aromatic rings. The lowest BCUT2D eigenvalue weighted by Gasteiger charge is -2.28. The normalized spacial score (nSPS) is 31.3. The minimum Gasteiger partial charge on any atom is -0.0885 e. The van der Waals surface area contributed by atoms with E-state index in [1.54, 1.807) is 0 Å². The van der Waals surface area contributed by atoms with Crippen LogP contribution < -0.4 is 0 Å². The molecule has 0 bridgehead atoms. The minimum atomic E-state index is 0.761. The first-order valence-electron chi connectivity index (χ1n) is 5.56. The van der Waals surface area contributed by atoms with Gasteiger partial charge in [-0.25, -0.2) is 0 Å². The molecule has 0 amide bonds. The summed E-state index contributed by atoms with van der Waals surface area (Å²) in [4.78, 5) is 0. The maximum atomic E-state index is 2.45. The zero-order chi connectivity index (χ0) is 8.28. The van der Waals surface area contributed by atoms with E-state index in [9.17, 15) is 0 Å². The summed E-state index contributed by atoms with van der Waals surface area (Å²) in [6, 6.07) is 0.